The number of rotatable bonds is 3. The van der Waals surface area contributed by atoms with Gasteiger partial charge in [-0.1, -0.05) is 5.16 Å². The Morgan fingerprint density at radius 3 is 3.20 bits per heavy atom. The summed E-state index contributed by atoms with van der Waals surface area (Å²) in [6.45, 7) is 4.05. The Kier molecular flexibility index (Phi) is 3.30. The summed E-state index contributed by atoms with van der Waals surface area (Å²) in [5.74, 6) is 0.598. The quantitative estimate of drug-likeness (QED) is 0.740. The van der Waals surface area contributed by atoms with Crippen LogP contribution in [0.5, 0.6) is 0 Å². The van der Waals surface area contributed by atoms with Crippen LogP contribution in [0, 0.1) is 0 Å². The van der Waals surface area contributed by atoms with E-state index in [1.807, 2.05) is 0 Å². The van der Waals surface area contributed by atoms with Crippen LogP contribution in [0.4, 0.5) is 0 Å². The van der Waals surface area contributed by atoms with E-state index in [2.05, 4.69) is 22.0 Å². The average Bonchev–Trinajstić information content (AvgIpc) is 2.74. The summed E-state index contributed by atoms with van der Waals surface area (Å²) >= 11 is 0. The molecule has 0 bridgehead atoms. The molecule has 0 aliphatic carbocycles. The van der Waals surface area contributed by atoms with E-state index in [0.717, 1.165) is 0 Å². The van der Waals surface area contributed by atoms with E-state index in [0.29, 0.717) is 31.6 Å². The fraction of sp³-hybridized carbons (Fsp3) is 0.778. The van der Waals surface area contributed by atoms with Gasteiger partial charge in [0.2, 0.25) is 5.89 Å². The molecule has 0 radical (unpaired) electrons. The molecule has 84 valence electrons. The third-order valence-electron chi connectivity index (χ3n) is 2.58. The second-order valence-corrected chi connectivity index (χ2v) is 3.75. The van der Waals surface area contributed by atoms with Gasteiger partial charge in [-0.3, -0.25) is 4.90 Å². The van der Waals surface area contributed by atoms with Crippen molar-refractivity contribution in [1.82, 2.24) is 15.0 Å². The molecule has 1 saturated heterocycles. The number of ether oxygens (including phenoxy) is 1. The zero-order valence-corrected chi connectivity index (χ0v) is 8.67. The van der Waals surface area contributed by atoms with Gasteiger partial charge >= 0.3 is 0 Å². The Morgan fingerprint density at radius 1 is 1.67 bits per heavy atom. The first-order valence-corrected chi connectivity index (χ1v) is 5.01. The second-order valence-electron chi connectivity index (χ2n) is 3.75. The maximum atomic E-state index is 9.02. The first-order valence-electron chi connectivity index (χ1n) is 5.01. The first kappa shape index (κ1) is 10.5. The summed E-state index contributed by atoms with van der Waals surface area (Å²) in [6, 6.07) is 0.305. The fourth-order valence-corrected chi connectivity index (χ4v) is 1.65. The topological polar surface area (TPSA) is 71.6 Å². The summed E-state index contributed by atoms with van der Waals surface area (Å²) in [4.78, 5) is 6.14. The standard InChI is InChI=1S/C9H15N3O3/c1-7-5-14-8(4-13)2-12(7)3-9-10-6-11-15-9/h6-8,13H,2-5H2,1H3. The molecule has 0 aromatic carbocycles. The van der Waals surface area contributed by atoms with Crippen molar-refractivity contribution in [1.29, 1.82) is 0 Å². The van der Waals surface area contributed by atoms with Gasteiger partial charge in [0.1, 0.15) is 0 Å². The number of hydrogen-bond donors (Lipinski definition) is 1. The Bertz CT molecular complexity index is 291. The molecule has 2 unspecified atom stereocenters. The number of hydrogen-bond acceptors (Lipinski definition) is 6. The molecule has 15 heavy (non-hydrogen) atoms. The summed E-state index contributed by atoms with van der Waals surface area (Å²) in [6.07, 6.45) is 1.29. The average molecular weight is 213 g/mol. The van der Waals surface area contributed by atoms with Gasteiger partial charge in [-0.25, -0.2) is 0 Å². The van der Waals surface area contributed by atoms with Crippen molar-refractivity contribution >= 4 is 0 Å². The maximum Gasteiger partial charge on any atom is 0.240 e. The van der Waals surface area contributed by atoms with Crippen LogP contribution in [-0.2, 0) is 11.3 Å². The van der Waals surface area contributed by atoms with E-state index in [1.165, 1.54) is 6.33 Å². The minimum atomic E-state index is -0.107. The van der Waals surface area contributed by atoms with Gasteiger partial charge in [-0.05, 0) is 6.92 Å². The van der Waals surface area contributed by atoms with Crippen LogP contribution in [0.25, 0.3) is 0 Å². The van der Waals surface area contributed by atoms with Crippen molar-refractivity contribution in [3.8, 4) is 0 Å². The van der Waals surface area contributed by atoms with Gasteiger partial charge in [0.15, 0.2) is 6.33 Å². The highest BCUT2D eigenvalue weighted by atomic mass is 16.5. The van der Waals surface area contributed by atoms with Crippen LogP contribution < -0.4 is 0 Å². The molecular formula is C9H15N3O3. The smallest absolute Gasteiger partial charge is 0.240 e. The highest BCUT2D eigenvalue weighted by Crippen LogP contribution is 2.13. The van der Waals surface area contributed by atoms with E-state index >= 15 is 0 Å². The highest BCUT2D eigenvalue weighted by Gasteiger charge is 2.26. The first-order chi connectivity index (χ1) is 7.29. The molecule has 0 spiro atoms. The molecule has 6 nitrogen and oxygen atoms in total. The van der Waals surface area contributed by atoms with Crippen LogP contribution in [0.3, 0.4) is 0 Å². The number of aromatic nitrogens is 2. The lowest BCUT2D eigenvalue weighted by atomic mass is 10.2. The van der Waals surface area contributed by atoms with E-state index in [9.17, 15) is 0 Å². The molecule has 1 aliphatic heterocycles. The van der Waals surface area contributed by atoms with Gasteiger partial charge in [0, 0.05) is 12.6 Å². The lowest BCUT2D eigenvalue weighted by Gasteiger charge is -2.36. The monoisotopic (exact) mass is 213 g/mol. The summed E-state index contributed by atoms with van der Waals surface area (Å²) in [5, 5.41) is 12.6. The lowest BCUT2D eigenvalue weighted by Crippen LogP contribution is -2.48. The normalized spacial score (nSPS) is 28.1. The van der Waals surface area contributed by atoms with E-state index in [4.69, 9.17) is 14.4 Å². The molecule has 2 rings (SSSR count). The Hall–Kier alpha value is -0.980. The van der Waals surface area contributed by atoms with Crippen LogP contribution in [0.2, 0.25) is 0 Å². The maximum absolute atomic E-state index is 9.02. The summed E-state index contributed by atoms with van der Waals surface area (Å²) in [5.41, 5.74) is 0. The van der Waals surface area contributed by atoms with E-state index in [1.54, 1.807) is 0 Å². The summed E-state index contributed by atoms with van der Waals surface area (Å²) < 4.78 is 10.4. The van der Waals surface area contributed by atoms with Crippen molar-refractivity contribution in [3.05, 3.63) is 12.2 Å². The van der Waals surface area contributed by atoms with Gasteiger partial charge in [0.25, 0.3) is 0 Å². The molecule has 2 heterocycles. The second kappa shape index (κ2) is 4.69. The van der Waals surface area contributed by atoms with Crippen molar-refractivity contribution in [2.75, 3.05) is 19.8 Å². The van der Waals surface area contributed by atoms with Crippen molar-refractivity contribution in [3.63, 3.8) is 0 Å². The largest absolute Gasteiger partial charge is 0.394 e. The molecule has 0 amide bonds. The number of aliphatic hydroxyl groups is 1. The van der Waals surface area contributed by atoms with E-state index in [-0.39, 0.29) is 12.7 Å². The molecule has 1 aromatic heterocycles. The van der Waals surface area contributed by atoms with E-state index < -0.39 is 0 Å². The van der Waals surface area contributed by atoms with Crippen molar-refractivity contribution in [2.45, 2.75) is 25.6 Å². The number of aliphatic hydroxyl groups excluding tert-OH is 1. The SMILES string of the molecule is CC1COC(CO)CN1Cc1ncno1. The van der Waals surface area contributed by atoms with Crippen LogP contribution >= 0.6 is 0 Å². The van der Waals surface area contributed by atoms with Gasteiger partial charge in [-0.2, -0.15) is 4.98 Å². The Labute approximate surface area is 87.8 Å². The fourth-order valence-electron chi connectivity index (χ4n) is 1.65. The predicted octanol–water partition coefficient (Wildman–Crippen LogP) is -0.349. The zero-order chi connectivity index (χ0) is 10.7. The molecule has 1 N–H and O–H groups in total. The molecule has 0 saturated carbocycles. The molecule has 6 heteroatoms. The van der Waals surface area contributed by atoms with Crippen LogP contribution in [-0.4, -0.2) is 52.1 Å². The molecular weight excluding hydrogens is 198 g/mol. The lowest BCUT2D eigenvalue weighted by molar-refractivity contribution is -0.0827. The predicted molar refractivity (Wildman–Crippen MR) is 51.0 cm³/mol. The summed E-state index contributed by atoms with van der Waals surface area (Å²) in [7, 11) is 0. The number of morpholine rings is 1. The molecule has 2 atom stereocenters. The molecule has 1 fully saturated rings. The highest BCUT2D eigenvalue weighted by molar-refractivity contribution is 4.82. The molecule has 1 aliphatic rings. The van der Waals surface area contributed by atoms with Crippen molar-refractivity contribution < 1.29 is 14.4 Å². The third kappa shape index (κ3) is 2.53. The number of nitrogens with zero attached hydrogens (tertiary/aromatic N) is 3. The minimum Gasteiger partial charge on any atom is -0.394 e. The Balaban J connectivity index is 1.94. The third-order valence-corrected chi connectivity index (χ3v) is 2.58. The van der Waals surface area contributed by atoms with Crippen molar-refractivity contribution in [2.24, 2.45) is 0 Å². The van der Waals surface area contributed by atoms with Gasteiger partial charge in [0.05, 0.1) is 25.9 Å². The zero-order valence-electron chi connectivity index (χ0n) is 8.67. The Morgan fingerprint density at radius 2 is 2.53 bits per heavy atom. The van der Waals surface area contributed by atoms with Crippen LogP contribution in [0.15, 0.2) is 10.9 Å². The minimum absolute atomic E-state index is 0.0487. The van der Waals surface area contributed by atoms with Gasteiger partial charge in [-0.15, -0.1) is 0 Å². The molecule has 1 aromatic rings. The van der Waals surface area contributed by atoms with Gasteiger partial charge < -0.3 is 14.4 Å². The van der Waals surface area contributed by atoms with Crippen LogP contribution in [0.1, 0.15) is 12.8 Å².